The summed E-state index contributed by atoms with van der Waals surface area (Å²) in [5.74, 6) is 0.150. The topological polar surface area (TPSA) is 84.7 Å². The number of carbonyl (C=O) groups excluding carboxylic acids is 2. The highest BCUT2D eigenvalue weighted by molar-refractivity contribution is 5.80. The summed E-state index contributed by atoms with van der Waals surface area (Å²) in [6, 6.07) is 7.22. The van der Waals surface area contributed by atoms with E-state index in [-0.39, 0.29) is 12.6 Å². The molecule has 1 saturated carbocycles. The smallest absolute Gasteiger partial charge is 0.325 e. The average molecular weight is 305 g/mol. The minimum Gasteiger partial charge on any atom is -0.465 e. The SMILES string of the molecule is CCOC(=O)CNC(=O)N(Cc1ccc(N)cc1)CC1CC1. The number of benzene rings is 1. The largest absolute Gasteiger partial charge is 0.465 e. The first-order valence-electron chi connectivity index (χ1n) is 7.61. The van der Waals surface area contributed by atoms with Crippen molar-refractivity contribution in [3.63, 3.8) is 0 Å². The summed E-state index contributed by atoms with van der Waals surface area (Å²) in [5.41, 5.74) is 7.39. The molecule has 0 aliphatic heterocycles. The summed E-state index contributed by atoms with van der Waals surface area (Å²) >= 11 is 0. The Balaban J connectivity index is 1.91. The number of hydrogen-bond acceptors (Lipinski definition) is 4. The van der Waals surface area contributed by atoms with Gasteiger partial charge in [-0.05, 0) is 43.4 Å². The zero-order valence-corrected chi connectivity index (χ0v) is 12.9. The maximum atomic E-state index is 12.3. The number of nitrogen functional groups attached to an aromatic ring is 1. The number of esters is 1. The molecule has 0 atom stereocenters. The second kappa shape index (κ2) is 7.68. The molecule has 0 saturated heterocycles. The van der Waals surface area contributed by atoms with E-state index in [2.05, 4.69) is 5.32 Å². The van der Waals surface area contributed by atoms with E-state index in [0.29, 0.717) is 31.3 Å². The Bertz CT molecular complexity index is 512. The van der Waals surface area contributed by atoms with Gasteiger partial charge in [0.2, 0.25) is 0 Å². The van der Waals surface area contributed by atoms with Crippen molar-refractivity contribution in [1.82, 2.24) is 10.2 Å². The first-order valence-corrected chi connectivity index (χ1v) is 7.61. The number of hydrogen-bond donors (Lipinski definition) is 2. The van der Waals surface area contributed by atoms with E-state index >= 15 is 0 Å². The van der Waals surface area contributed by atoms with Crippen molar-refractivity contribution in [1.29, 1.82) is 0 Å². The Hall–Kier alpha value is -2.24. The third-order valence-electron chi connectivity index (χ3n) is 3.51. The van der Waals surface area contributed by atoms with Gasteiger partial charge in [0.1, 0.15) is 6.54 Å². The summed E-state index contributed by atoms with van der Waals surface area (Å²) < 4.78 is 4.81. The van der Waals surface area contributed by atoms with Gasteiger partial charge in [-0.2, -0.15) is 0 Å². The molecule has 1 aliphatic rings. The third-order valence-corrected chi connectivity index (χ3v) is 3.51. The summed E-state index contributed by atoms with van der Waals surface area (Å²) in [4.78, 5) is 25.3. The van der Waals surface area contributed by atoms with E-state index in [1.54, 1.807) is 11.8 Å². The van der Waals surface area contributed by atoms with Crippen molar-refractivity contribution in [3.05, 3.63) is 29.8 Å². The summed E-state index contributed by atoms with van der Waals surface area (Å²) in [6.07, 6.45) is 2.31. The van der Waals surface area contributed by atoms with E-state index < -0.39 is 5.97 Å². The van der Waals surface area contributed by atoms with Gasteiger partial charge in [0.05, 0.1) is 6.61 Å². The van der Waals surface area contributed by atoms with Gasteiger partial charge in [-0.25, -0.2) is 4.79 Å². The molecule has 0 aromatic heterocycles. The molecule has 2 rings (SSSR count). The Kier molecular flexibility index (Phi) is 5.63. The predicted octanol–water partition coefficient (Wildman–Crippen LogP) is 1.75. The van der Waals surface area contributed by atoms with Crippen LogP contribution in [0.3, 0.4) is 0 Å². The molecular formula is C16H23N3O3. The van der Waals surface area contributed by atoms with Gasteiger partial charge >= 0.3 is 12.0 Å². The predicted molar refractivity (Wildman–Crippen MR) is 84.0 cm³/mol. The third kappa shape index (κ3) is 5.27. The fourth-order valence-electron chi connectivity index (χ4n) is 2.15. The highest BCUT2D eigenvalue weighted by Crippen LogP contribution is 2.30. The van der Waals surface area contributed by atoms with Gasteiger partial charge in [-0.15, -0.1) is 0 Å². The minimum atomic E-state index is -0.422. The van der Waals surface area contributed by atoms with E-state index in [1.165, 1.54) is 0 Å². The molecule has 6 nitrogen and oxygen atoms in total. The number of anilines is 1. The molecule has 6 heteroatoms. The lowest BCUT2D eigenvalue weighted by atomic mass is 10.2. The zero-order valence-electron chi connectivity index (χ0n) is 12.9. The number of urea groups is 1. The standard InChI is InChI=1S/C16H23N3O3/c1-2-22-15(20)9-18-16(21)19(10-12-3-4-12)11-13-5-7-14(17)8-6-13/h5-8,12H,2-4,9-11,17H2,1H3,(H,18,21). The van der Waals surface area contributed by atoms with Crippen LogP contribution in [-0.2, 0) is 16.1 Å². The number of nitrogens with zero attached hydrogens (tertiary/aromatic N) is 1. The average Bonchev–Trinajstić information content (AvgIpc) is 3.31. The molecule has 0 bridgehead atoms. The van der Waals surface area contributed by atoms with Crippen LogP contribution in [0.4, 0.5) is 10.5 Å². The van der Waals surface area contributed by atoms with Gasteiger partial charge in [-0.3, -0.25) is 4.79 Å². The van der Waals surface area contributed by atoms with E-state index in [1.807, 2.05) is 24.3 Å². The molecule has 1 aliphatic carbocycles. The Morgan fingerprint density at radius 1 is 1.32 bits per heavy atom. The number of amides is 2. The second-order valence-electron chi connectivity index (χ2n) is 5.53. The van der Waals surface area contributed by atoms with Crippen LogP contribution in [0, 0.1) is 5.92 Å². The van der Waals surface area contributed by atoms with E-state index in [9.17, 15) is 9.59 Å². The van der Waals surface area contributed by atoms with Gasteiger partial charge in [0.15, 0.2) is 0 Å². The summed E-state index contributed by atoms with van der Waals surface area (Å²) in [5, 5.41) is 2.62. The van der Waals surface area contributed by atoms with Crippen LogP contribution in [0.25, 0.3) is 0 Å². The van der Waals surface area contributed by atoms with Crippen LogP contribution in [0.5, 0.6) is 0 Å². The van der Waals surface area contributed by atoms with E-state index in [4.69, 9.17) is 10.5 Å². The molecule has 120 valence electrons. The highest BCUT2D eigenvalue weighted by Gasteiger charge is 2.27. The molecule has 1 fully saturated rings. The van der Waals surface area contributed by atoms with Crippen LogP contribution in [-0.4, -0.2) is 36.6 Å². The number of nitrogens with one attached hydrogen (secondary N) is 1. The number of rotatable bonds is 7. The minimum absolute atomic E-state index is 0.102. The second-order valence-corrected chi connectivity index (χ2v) is 5.53. The molecule has 2 amide bonds. The van der Waals surface area contributed by atoms with Gasteiger partial charge in [-0.1, -0.05) is 12.1 Å². The lowest BCUT2D eigenvalue weighted by Gasteiger charge is -2.23. The lowest BCUT2D eigenvalue weighted by Crippen LogP contribution is -2.42. The normalized spacial score (nSPS) is 13.5. The lowest BCUT2D eigenvalue weighted by molar-refractivity contribution is -0.141. The van der Waals surface area contributed by atoms with Gasteiger partial charge in [0.25, 0.3) is 0 Å². The summed E-state index contributed by atoms with van der Waals surface area (Å²) in [6.45, 7) is 3.16. The van der Waals surface area contributed by atoms with Crippen molar-refractivity contribution in [2.75, 3.05) is 25.4 Å². The summed E-state index contributed by atoms with van der Waals surface area (Å²) in [7, 11) is 0. The van der Waals surface area contributed by atoms with Crippen LogP contribution in [0.2, 0.25) is 0 Å². The molecule has 3 N–H and O–H groups in total. The number of carbonyl (C=O) groups is 2. The first kappa shape index (κ1) is 16.1. The molecule has 0 spiro atoms. The Labute approximate surface area is 130 Å². The van der Waals surface area contributed by atoms with E-state index in [0.717, 1.165) is 18.4 Å². The van der Waals surface area contributed by atoms with Crippen molar-refractivity contribution < 1.29 is 14.3 Å². The van der Waals surface area contributed by atoms with Crippen LogP contribution in [0.15, 0.2) is 24.3 Å². The van der Waals surface area contributed by atoms with Crippen LogP contribution in [0.1, 0.15) is 25.3 Å². The fourth-order valence-corrected chi connectivity index (χ4v) is 2.15. The van der Waals surface area contributed by atoms with Crippen molar-refractivity contribution in [2.45, 2.75) is 26.3 Å². The van der Waals surface area contributed by atoms with Crippen molar-refractivity contribution in [3.8, 4) is 0 Å². The molecule has 1 aromatic carbocycles. The van der Waals surface area contributed by atoms with Gasteiger partial charge < -0.3 is 20.7 Å². The van der Waals surface area contributed by atoms with Crippen LogP contribution >= 0.6 is 0 Å². The van der Waals surface area contributed by atoms with Crippen LogP contribution < -0.4 is 11.1 Å². The van der Waals surface area contributed by atoms with Crippen molar-refractivity contribution in [2.24, 2.45) is 5.92 Å². The number of ether oxygens (including phenoxy) is 1. The molecular weight excluding hydrogens is 282 g/mol. The highest BCUT2D eigenvalue weighted by atomic mass is 16.5. The monoisotopic (exact) mass is 305 g/mol. The Morgan fingerprint density at radius 3 is 2.59 bits per heavy atom. The molecule has 0 radical (unpaired) electrons. The zero-order chi connectivity index (χ0) is 15.9. The maximum Gasteiger partial charge on any atom is 0.325 e. The molecule has 22 heavy (non-hydrogen) atoms. The van der Waals surface area contributed by atoms with Crippen molar-refractivity contribution >= 4 is 17.7 Å². The Morgan fingerprint density at radius 2 is 2.00 bits per heavy atom. The molecule has 0 unspecified atom stereocenters. The maximum absolute atomic E-state index is 12.3. The fraction of sp³-hybridized carbons (Fsp3) is 0.500. The quantitative estimate of drug-likeness (QED) is 0.594. The first-order chi connectivity index (χ1) is 10.6. The van der Waals surface area contributed by atoms with Gasteiger partial charge in [0, 0.05) is 18.8 Å². The number of nitrogens with two attached hydrogens (primary N) is 1. The molecule has 0 heterocycles. The molecule has 1 aromatic rings.